The minimum Gasteiger partial charge on any atom is -0.497 e. The van der Waals surface area contributed by atoms with E-state index in [1.165, 1.54) is 0 Å². The molecule has 1 fully saturated rings. The Labute approximate surface area is 234 Å². The van der Waals surface area contributed by atoms with Gasteiger partial charge in [0.15, 0.2) is 6.61 Å². The summed E-state index contributed by atoms with van der Waals surface area (Å²) in [5.74, 6) is 0.383. The molecule has 1 aliphatic carbocycles. The summed E-state index contributed by atoms with van der Waals surface area (Å²) in [5, 5.41) is 3.51. The smallest absolute Gasteiger partial charge is 0.339 e. The Balaban J connectivity index is 1.34. The normalized spacial score (nSPS) is 17.6. The molecule has 2 amide bonds. The second-order valence-corrected chi connectivity index (χ2v) is 10.6. The Kier molecular flexibility index (Phi) is 8.43. The van der Waals surface area contributed by atoms with Crippen LogP contribution in [0.25, 0.3) is 22.6 Å². The van der Waals surface area contributed by atoms with Crippen LogP contribution in [0.3, 0.4) is 0 Å². The lowest BCUT2D eigenvalue weighted by atomic mass is 9.80. The van der Waals surface area contributed by atoms with Crippen LogP contribution in [0, 0.1) is 5.92 Å². The molecule has 0 radical (unpaired) electrons. The number of pyridine rings is 1. The molecule has 2 aliphatic rings. The molecule has 1 aromatic heterocycles. The zero-order valence-corrected chi connectivity index (χ0v) is 23.1. The molecule has 2 heterocycles. The lowest BCUT2D eigenvalue weighted by molar-refractivity contribution is -0.127. The molecule has 1 aliphatic heterocycles. The van der Waals surface area contributed by atoms with E-state index in [1.807, 2.05) is 53.4 Å². The number of fused-ring (bicyclic) bond motifs is 2. The number of aromatic nitrogens is 1. The van der Waals surface area contributed by atoms with Gasteiger partial charge in [-0.15, -0.1) is 0 Å². The SMILES string of the molecule is COc1ccc(/C=C2/CC(C)Cc3c2nc2ccccc2c3C(=O)OCC(=O)NCCCN2CCCC2=O)cc1. The fraction of sp³-hybridized carbons (Fsp3) is 0.375. The third-order valence-electron chi connectivity index (χ3n) is 7.51. The molecular formula is C32H35N3O5. The number of hydrogen-bond donors (Lipinski definition) is 1. The number of amides is 2. The molecule has 0 bridgehead atoms. The van der Waals surface area contributed by atoms with Gasteiger partial charge in [0, 0.05) is 31.4 Å². The summed E-state index contributed by atoms with van der Waals surface area (Å²) in [4.78, 5) is 44.5. The van der Waals surface area contributed by atoms with E-state index >= 15 is 0 Å². The van der Waals surface area contributed by atoms with E-state index in [0.717, 1.165) is 52.9 Å². The number of ether oxygens (including phenoxy) is 2. The van der Waals surface area contributed by atoms with Crippen LogP contribution >= 0.6 is 0 Å². The molecule has 1 saturated heterocycles. The number of rotatable bonds is 9. The summed E-state index contributed by atoms with van der Waals surface area (Å²) >= 11 is 0. The molecule has 208 valence electrons. The van der Waals surface area contributed by atoms with Gasteiger partial charge in [-0.05, 0) is 72.6 Å². The van der Waals surface area contributed by atoms with Crippen molar-refractivity contribution in [3.05, 3.63) is 70.9 Å². The van der Waals surface area contributed by atoms with Gasteiger partial charge in [0.1, 0.15) is 5.75 Å². The Morgan fingerprint density at radius 3 is 2.67 bits per heavy atom. The Bertz CT molecular complexity index is 1450. The molecule has 2 aromatic carbocycles. The third kappa shape index (κ3) is 6.17. The number of nitrogens with zero attached hydrogens (tertiary/aromatic N) is 2. The van der Waals surface area contributed by atoms with Crippen molar-refractivity contribution >= 4 is 40.3 Å². The van der Waals surface area contributed by atoms with Gasteiger partial charge in [-0.25, -0.2) is 9.78 Å². The summed E-state index contributed by atoms with van der Waals surface area (Å²) in [5.41, 5.74) is 4.95. The van der Waals surface area contributed by atoms with Gasteiger partial charge in [0.25, 0.3) is 5.91 Å². The van der Waals surface area contributed by atoms with E-state index in [4.69, 9.17) is 14.5 Å². The van der Waals surface area contributed by atoms with Gasteiger partial charge >= 0.3 is 5.97 Å². The van der Waals surface area contributed by atoms with Crippen LogP contribution in [0.5, 0.6) is 5.75 Å². The number of esters is 1. The molecule has 1 atom stereocenters. The second kappa shape index (κ2) is 12.3. The average molecular weight is 542 g/mol. The highest BCUT2D eigenvalue weighted by Crippen LogP contribution is 2.38. The highest BCUT2D eigenvalue weighted by Gasteiger charge is 2.29. The lowest BCUT2D eigenvalue weighted by Gasteiger charge is -2.26. The number of allylic oxidation sites excluding steroid dienone is 1. The zero-order valence-electron chi connectivity index (χ0n) is 23.1. The van der Waals surface area contributed by atoms with Gasteiger partial charge in [-0.1, -0.05) is 37.3 Å². The fourth-order valence-electron chi connectivity index (χ4n) is 5.56. The van der Waals surface area contributed by atoms with E-state index < -0.39 is 5.97 Å². The minimum atomic E-state index is -0.523. The first-order valence-corrected chi connectivity index (χ1v) is 13.9. The first kappa shape index (κ1) is 27.4. The maximum absolute atomic E-state index is 13.5. The predicted octanol–water partition coefficient (Wildman–Crippen LogP) is 4.65. The van der Waals surface area contributed by atoms with Crippen molar-refractivity contribution < 1.29 is 23.9 Å². The molecular weight excluding hydrogens is 506 g/mol. The van der Waals surface area contributed by atoms with E-state index in [-0.39, 0.29) is 18.4 Å². The summed E-state index contributed by atoms with van der Waals surface area (Å²) in [7, 11) is 1.64. The molecule has 1 unspecified atom stereocenters. The maximum Gasteiger partial charge on any atom is 0.339 e. The topological polar surface area (TPSA) is 97.8 Å². The van der Waals surface area contributed by atoms with E-state index in [0.29, 0.717) is 49.4 Å². The third-order valence-corrected chi connectivity index (χ3v) is 7.51. The highest BCUT2D eigenvalue weighted by atomic mass is 16.5. The van der Waals surface area contributed by atoms with Gasteiger partial charge in [0.05, 0.1) is 23.9 Å². The van der Waals surface area contributed by atoms with Crippen molar-refractivity contribution in [3.8, 4) is 5.75 Å². The molecule has 0 spiro atoms. The average Bonchev–Trinajstić information content (AvgIpc) is 3.37. The molecule has 5 rings (SSSR count). The summed E-state index contributed by atoms with van der Waals surface area (Å²) in [6.07, 6.45) is 5.81. The number of carbonyl (C=O) groups excluding carboxylic acids is 3. The van der Waals surface area contributed by atoms with Crippen molar-refractivity contribution in [2.75, 3.05) is 33.4 Å². The first-order chi connectivity index (χ1) is 19.4. The number of benzene rings is 2. The predicted molar refractivity (Wildman–Crippen MR) is 154 cm³/mol. The number of para-hydroxylation sites is 1. The van der Waals surface area contributed by atoms with Crippen LogP contribution in [-0.4, -0.2) is 61.0 Å². The molecule has 8 heteroatoms. The monoisotopic (exact) mass is 541 g/mol. The Hall–Kier alpha value is -4.20. The number of carbonyl (C=O) groups is 3. The largest absolute Gasteiger partial charge is 0.497 e. The molecule has 0 saturated carbocycles. The molecule has 8 nitrogen and oxygen atoms in total. The van der Waals surface area contributed by atoms with Gasteiger partial charge in [-0.2, -0.15) is 0 Å². The van der Waals surface area contributed by atoms with Crippen LogP contribution in [0.1, 0.15) is 59.8 Å². The summed E-state index contributed by atoms with van der Waals surface area (Å²) in [6.45, 7) is 3.63. The Morgan fingerprint density at radius 2 is 1.93 bits per heavy atom. The van der Waals surface area contributed by atoms with Crippen LogP contribution in [-0.2, 0) is 20.7 Å². The van der Waals surface area contributed by atoms with Gasteiger partial charge in [-0.3, -0.25) is 9.59 Å². The van der Waals surface area contributed by atoms with Crippen LogP contribution in [0.15, 0.2) is 48.5 Å². The first-order valence-electron chi connectivity index (χ1n) is 13.9. The zero-order chi connectivity index (χ0) is 28.1. The summed E-state index contributed by atoms with van der Waals surface area (Å²) in [6, 6.07) is 15.4. The van der Waals surface area contributed by atoms with E-state index in [9.17, 15) is 14.4 Å². The van der Waals surface area contributed by atoms with Crippen LogP contribution < -0.4 is 10.1 Å². The fourth-order valence-corrected chi connectivity index (χ4v) is 5.56. The maximum atomic E-state index is 13.5. The lowest BCUT2D eigenvalue weighted by Crippen LogP contribution is -2.33. The Morgan fingerprint density at radius 1 is 1.12 bits per heavy atom. The molecule has 1 N–H and O–H groups in total. The number of nitrogens with one attached hydrogen (secondary N) is 1. The quantitative estimate of drug-likeness (QED) is 0.313. The van der Waals surface area contributed by atoms with Gasteiger partial charge in [0.2, 0.25) is 5.91 Å². The number of methoxy groups -OCH3 is 1. The van der Waals surface area contributed by atoms with Gasteiger partial charge < -0.3 is 19.7 Å². The van der Waals surface area contributed by atoms with E-state index in [2.05, 4.69) is 18.3 Å². The van der Waals surface area contributed by atoms with Crippen molar-refractivity contribution in [2.45, 2.75) is 39.0 Å². The van der Waals surface area contributed by atoms with Crippen LogP contribution in [0.2, 0.25) is 0 Å². The van der Waals surface area contributed by atoms with Crippen molar-refractivity contribution in [1.82, 2.24) is 15.2 Å². The highest BCUT2D eigenvalue weighted by molar-refractivity contribution is 6.07. The molecule has 40 heavy (non-hydrogen) atoms. The number of hydrogen-bond acceptors (Lipinski definition) is 6. The van der Waals surface area contributed by atoms with Crippen molar-refractivity contribution in [2.24, 2.45) is 5.92 Å². The van der Waals surface area contributed by atoms with Crippen LogP contribution in [0.4, 0.5) is 0 Å². The number of likely N-dealkylation sites (tertiary alicyclic amines) is 1. The van der Waals surface area contributed by atoms with E-state index in [1.54, 1.807) is 7.11 Å². The molecule has 3 aromatic rings. The minimum absolute atomic E-state index is 0.171. The second-order valence-electron chi connectivity index (χ2n) is 10.6. The van der Waals surface area contributed by atoms with Crippen molar-refractivity contribution in [1.29, 1.82) is 0 Å². The van der Waals surface area contributed by atoms with Crippen molar-refractivity contribution in [3.63, 3.8) is 0 Å². The summed E-state index contributed by atoms with van der Waals surface area (Å²) < 4.78 is 10.8. The standard InChI is InChI=1S/C32H35N3O5/c1-21-17-23(19-22-10-12-24(39-2)13-11-22)31-26(18-21)30(25-7-3-4-8-27(25)34-31)32(38)40-20-28(36)33-14-6-16-35-15-5-9-29(35)37/h3-4,7-8,10-13,19,21H,5-6,9,14-18,20H2,1-2H3,(H,33,36)/b23-19-.